The van der Waals surface area contributed by atoms with Crippen molar-refractivity contribution in [3.8, 4) is 0 Å². The molecule has 80 valence electrons. The predicted octanol–water partition coefficient (Wildman–Crippen LogP) is 2.52. The summed E-state index contributed by atoms with van der Waals surface area (Å²) in [6.07, 6.45) is 5.04. The normalized spacial score (nSPS) is 15.5. The van der Waals surface area contributed by atoms with Crippen molar-refractivity contribution in [1.29, 1.82) is 0 Å². The number of urea groups is 1. The largest absolute Gasteiger partial charge is 0.335 e. The molecule has 1 aliphatic rings. The number of nitrogens with zero attached hydrogens (tertiary/aromatic N) is 1. The Morgan fingerprint density at radius 2 is 2.33 bits per heavy atom. The highest BCUT2D eigenvalue weighted by Crippen LogP contribution is 2.18. The molecule has 1 aliphatic carbocycles. The van der Waals surface area contributed by atoms with Gasteiger partial charge in [-0.15, -0.1) is 0 Å². The van der Waals surface area contributed by atoms with E-state index < -0.39 is 0 Å². The molecule has 0 saturated heterocycles. The number of carbonyl (C=O) groups is 1. The fourth-order valence-corrected chi connectivity index (χ4v) is 1.75. The Morgan fingerprint density at radius 3 is 2.93 bits per heavy atom. The van der Waals surface area contributed by atoms with Crippen molar-refractivity contribution in [3.63, 3.8) is 0 Å². The van der Waals surface area contributed by atoms with Gasteiger partial charge >= 0.3 is 6.03 Å². The number of halogens is 1. The SMILES string of the molecule is O=C(Nc1ccnc(Br)c1)NC1CCC1. The molecule has 1 saturated carbocycles. The van der Waals surface area contributed by atoms with Crippen LogP contribution in [0.4, 0.5) is 10.5 Å². The molecular weight excluding hydrogens is 258 g/mol. The molecule has 1 heterocycles. The van der Waals surface area contributed by atoms with Crippen LogP contribution in [0, 0.1) is 0 Å². The van der Waals surface area contributed by atoms with E-state index in [1.165, 1.54) is 6.42 Å². The Morgan fingerprint density at radius 1 is 1.53 bits per heavy atom. The molecule has 2 amide bonds. The second-order valence-corrected chi connectivity index (χ2v) is 4.41. The number of hydrogen-bond acceptors (Lipinski definition) is 2. The number of pyridine rings is 1. The monoisotopic (exact) mass is 269 g/mol. The molecule has 1 aromatic heterocycles. The van der Waals surface area contributed by atoms with E-state index in [-0.39, 0.29) is 6.03 Å². The van der Waals surface area contributed by atoms with Crippen molar-refractivity contribution in [1.82, 2.24) is 10.3 Å². The average Bonchev–Trinajstić information content (AvgIpc) is 2.11. The summed E-state index contributed by atoms with van der Waals surface area (Å²) in [6, 6.07) is 3.74. The van der Waals surface area contributed by atoms with Crippen LogP contribution in [0.1, 0.15) is 19.3 Å². The molecule has 0 aliphatic heterocycles. The summed E-state index contributed by atoms with van der Waals surface area (Å²) in [5, 5.41) is 5.66. The minimum Gasteiger partial charge on any atom is -0.335 e. The summed E-state index contributed by atoms with van der Waals surface area (Å²) in [4.78, 5) is 15.4. The maximum Gasteiger partial charge on any atom is 0.319 e. The van der Waals surface area contributed by atoms with Gasteiger partial charge in [-0.1, -0.05) is 0 Å². The second kappa shape index (κ2) is 4.61. The molecule has 0 bridgehead atoms. The Bertz CT molecular complexity index is 365. The molecule has 0 atom stereocenters. The summed E-state index contributed by atoms with van der Waals surface area (Å²) in [6.45, 7) is 0. The molecule has 0 spiro atoms. The van der Waals surface area contributed by atoms with Gasteiger partial charge in [0.2, 0.25) is 0 Å². The Kier molecular flexibility index (Phi) is 3.20. The maximum absolute atomic E-state index is 11.5. The summed E-state index contributed by atoms with van der Waals surface area (Å²) < 4.78 is 0.712. The molecule has 4 nitrogen and oxygen atoms in total. The van der Waals surface area contributed by atoms with E-state index in [4.69, 9.17) is 0 Å². The highest BCUT2D eigenvalue weighted by atomic mass is 79.9. The lowest BCUT2D eigenvalue weighted by atomic mass is 9.93. The van der Waals surface area contributed by atoms with Gasteiger partial charge in [0.05, 0.1) is 0 Å². The van der Waals surface area contributed by atoms with Gasteiger partial charge < -0.3 is 10.6 Å². The van der Waals surface area contributed by atoms with Gasteiger partial charge in [0.15, 0.2) is 0 Å². The first-order valence-corrected chi connectivity index (χ1v) is 5.72. The zero-order chi connectivity index (χ0) is 10.7. The van der Waals surface area contributed by atoms with Crippen LogP contribution in [0.2, 0.25) is 0 Å². The highest BCUT2D eigenvalue weighted by molar-refractivity contribution is 9.10. The molecule has 1 aromatic rings. The lowest BCUT2D eigenvalue weighted by Crippen LogP contribution is -2.41. The van der Waals surface area contributed by atoms with E-state index in [1.807, 2.05) is 0 Å². The molecule has 2 rings (SSSR count). The Labute approximate surface area is 96.6 Å². The van der Waals surface area contributed by atoms with Crippen LogP contribution in [0.25, 0.3) is 0 Å². The van der Waals surface area contributed by atoms with Crippen LogP contribution >= 0.6 is 15.9 Å². The summed E-state index contributed by atoms with van der Waals surface area (Å²) >= 11 is 3.24. The molecule has 0 unspecified atom stereocenters. The summed E-state index contributed by atoms with van der Waals surface area (Å²) in [7, 11) is 0. The first-order valence-electron chi connectivity index (χ1n) is 4.93. The number of rotatable bonds is 2. The highest BCUT2D eigenvalue weighted by Gasteiger charge is 2.19. The van der Waals surface area contributed by atoms with Gasteiger partial charge in [0.25, 0.3) is 0 Å². The zero-order valence-electron chi connectivity index (χ0n) is 8.16. The third kappa shape index (κ3) is 2.92. The van der Waals surface area contributed by atoms with Gasteiger partial charge in [0, 0.05) is 17.9 Å². The van der Waals surface area contributed by atoms with Crippen LogP contribution in [0.15, 0.2) is 22.9 Å². The first-order chi connectivity index (χ1) is 7.24. The second-order valence-electron chi connectivity index (χ2n) is 3.59. The fourth-order valence-electron chi connectivity index (χ4n) is 1.39. The van der Waals surface area contributed by atoms with Crippen molar-refractivity contribution in [2.75, 3.05) is 5.32 Å². The van der Waals surface area contributed by atoms with Gasteiger partial charge in [-0.25, -0.2) is 9.78 Å². The number of anilines is 1. The number of amides is 2. The molecule has 1 fully saturated rings. The number of hydrogen-bond donors (Lipinski definition) is 2. The van der Waals surface area contributed by atoms with E-state index in [0.717, 1.165) is 18.5 Å². The van der Waals surface area contributed by atoms with Crippen molar-refractivity contribution in [2.45, 2.75) is 25.3 Å². The third-order valence-electron chi connectivity index (χ3n) is 2.42. The topological polar surface area (TPSA) is 54.0 Å². The van der Waals surface area contributed by atoms with E-state index in [1.54, 1.807) is 18.3 Å². The van der Waals surface area contributed by atoms with Gasteiger partial charge in [-0.2, -0.15) is 0 Å². The average molecular weight is 270 g/mol. The molecule has 5 heteroatoms. The number of nitrogens with one attached hydrogen (secondary N) is 2. The van der Waals surface area contributed by atoms with Gasteiger partial charge in [-0.05, 0) is 47.3 Å². The molecule has 0 aromatic carbocycles. The van der Waals surface area contributed by atoms with Crippen LogP contribution in [-0.4, -0.2) is 17.1 Å². The van der Waals surface area contributed by atoms with Crippen molar-refractivity contribution in [3.05, 3.63) is 22.9 Å². The molecule has 0 radical (unpaired) electrons. The van der Waals surface area contributed by atoms with E-state index >= 15 is 0 Å². The van der Waals surface area contributed by atoms with Crippen LogP contribution in [-0.2, 0) is 0 Å². The summed E-state index contributed by atoms with van der Waals surface area (Å²) in [5.74, 6) is 0. The third-order valence-corrected chi connectivity index (χ3v) is 2.86. The van der Waals surface area contributed by atoms with E-state index in [0.29, 0.717) is 10.6 Å². The summed E-state index contributed by atoms with van der Waals surface area (Å²) in [5.41, 5.74) is 0.744. The van der Waals surface area contributed by atoms with Crippen molar-refractivity contribution < 1.29 is 4.79 Å². The predicted molar refractivity (Wildman–Crippen MR) is 61.7 cm³/mol. The van der Waals surface area contributed by atoms with Crippen LogP contribution in [0.3, 0.4) is 0 Å². The maximum atomic E-state index is 11.5. The van der Waals surface area contributed by atoms with E-state index in [2.05, 4.69) is 31.5 Å². The van der Waals surface area contributed by atoms with Crippen molar-refractivity contribution >= 4 is 27.6 Å². The fraction of sp³-hybridized carbons (Fsp3) is 0.400. The van der Waals surface area contributed by atoms with Crippen LogP contribution in [0.5, 0.6) is 0 Å². The molecular formula is C10H12BrN3O. The molecule has 2 N–H and O–H groups in total. The lowest BCUT2D eigenvalue weighted by molar-refractivity contribution is 0.240. The minimum atomic E-state index is -0.141. The zero-order valence-corrected chi connectivity index (χ0v) is 9.75. The van der Waals surface area contributed by atoms with Gasteiger partial charge in [0.1, 0.15) is 4.60 Å². The first kappa shape index (κ1) is 10.4. The molecule has 15 heavy (non-hydrogen) atoms. The number of carbonyl (C=O) groups excluding carboxylic acids is 1. The smallest absolute Gasteiger partial charge is 0.319 e. The number of aromatic nitrogens is 1. The lowest BCUT2D eigenvalue weighted by Gasteiger charge is -2.26. The van der Waals surface area contributed by atoms with Crippen LogP contribution < -0.4 is 10.6 Å². The van der Waals surface area contributed by atoms with Gasteiger partial charge in [-0.3, -0.25) is 0 Å². The quantitative estimate of drug-likeness (QED) is 0.811. The van der Waals surface area contributed by atoms with E-state index in [9.17, 15) is 4.79 Å². The Hall–Kier alpha value is -1.10. The van der Waals surface area contributed by atoms with Crippen molar-refractivity contribution in [2.24, 2.45) is 0 Å². The minimum absolute atomic E-state index is 0.141. The standard InChI is InChI=1S/C10H12BrN3O/c11-9-6-8(4-5-12-9)14-10(15)13-7-2-1-3-7/h4-7H,1-3H2,(H2,12,13,14,15). The Balaban J connectivity index is 1.87.